The van der Waals surface area contributed by atoms with Crippen LogP contribution in [-0.4, -0.2) is 47.6 Å². The van der Waals surface area contributed by atoms with Crippen LogP contribution in [0.5, 0.6) is 5.75 Å². The lowest BCUT2D eigenvalue weighted by Gasteiger charge is -2.41. The van der Waals surface area contributed by atoms with Crippen LogP contribution in [0.25, 0.3) is 10.9 Å². The number of aromatic nitrogens is 3. The summed E-state index contributed by atoms with van der Waals surface area (Å²) >= 11 is 1.31. The van der Waals surface area contributed by atoms with Gasteiger partial charge in [0.15, 0.2) is 5.82 Å². The number of carbonyl (C=O) groups is 1. The van der Waals surface area contributed by atoms with Crippen LogP contribution >= 0.6 is 11.5 Å². The number of nitrogens with one attached hydrogen (secondary N) is 1. The van der Waals surface area contributed by atoms with Gasteiger partial charge in [-0.25, -0.2) is 0 Å². The molecule has 1 aliphatic heterocycles. The molecule has 4 rings (SSSR count). The number of ether oxygens (including phenoxy) is 3. The Morgan fingerprint density at radius 2 is 2.19 bits per heavy atom. The van der Waals surface area contributed by atoms with E-state index in [0.29, 0.717) is 36.8 Å². The summed E-state index contributed by atoms with van der Waals surface area (Å²) in [4.78, 5) is 22.6. The number of hydrogen-bond donors (Lipinski definition) is 1. The first kappa shape index (κ1) is 25.9. The summed E-state index contributed by atoms with van der Waals surface area (Å²) in [5.41, 5.74) is 3.29. The number of nitriles is 1. The summed E-state index contributed by atoms with van der Waals surface area (Å²) in [6, 6.07) is 4.14. The summed E-state index contributed by atoms with van der Waals surface area (Å²) in [7, 11) is 3.83. The van der Waals surface area contributed by atoms with E-state index in [-0.39, 0.29) is 24.9 Å². The standard InChI is InChI=1S/C26H33N5O4S/c1-7-15(3)26(12-21(32)33-8-2)24-18(9-10-35-26)22-17(13-27)11-19(16(4)23(22)29-24)34-14-20-28-25(31(5)6)36-30-20/h11,15,29H,7-10,12,14H2,1-6H3/t15?,26-/m1/s1. The van der Waals surface area contributed by atoms with E-state index in [2.05, 4.69) is 34.3 Å². The fraction of sp³-hybridized carbons (Fsp3) is 0.538. The molecule has 9 nitrogen and oxygen atoms in total. The summed E-state index contributed by atoms with van der Waals surface area (Å²) in [5.74, 6) is 0.945. The molecule has 0 saturated heterocycles. The van der Waals surface area contributed by atoms with E-state index in [0.717, 1.165) is 39.3 Å². The van der Waals surface area contributed by atoms with E-state index in [1.165, 1.54) is 11.5 Å². The first-order chi connectivity index (χ1) is 17.2. The van der Waals surface area contributed by atoms with E-state index in [4.69, 9.17) is 14.2 Å². The highest BCUT2D eigenvalue weighted by molar-refractivity contribution is 7.09. The normalized spacial score (nSPS) is 17.9. The zero-order valence-electron chi connectivity index (χ0n) is 21.7. The molecule has 0 bridgehead atoms. The first-order valence-corrected chi connectivity index (χ1v) is 13.0. The van der Waals surface area contributed by atoms with Crippen molar-refractivity contribution in [1.29, 1.82) is 5.26 Å². The van der Waals surface area contributed by atoms with Crippen molar-refractivity contribution in [3.05, 3.63) is 34.3 Å². The fourth-order valence-corrected chi connectivity index (χ4v) is 5.48. The van der Waals surface area contributed by atoms with Gasteiger partial charge in [-0.2, -0.15) is 14.6 Å². The Labute approximate surface area is 215 Å². The highest BCUT2D eigenvalue weighted by Gasteiger charge is 2.46. The second-order valence-electron chi connectivity index (χ2n) is 9.34. The molecule has 0 amide bonds. The molecule has 0 spiro atoms. The number of anilines is 1. The monoisotopic (exact) mass is 511 g/mol. The van der Waals surface area contributed by atoms with Gasteiger partial charge in [0.25, 0.3) is 0 Å². The summed E-state index contributed by atoms with van der Waals surface area (Å²) in [6.07, 6.45) is 1.59. The van der Waals surface area contributed by atoms with Gasteiger partial charge >= 0.3 is 5.97 Å². The Balaban J connectivity index is 1.79. The van der Waals surface area contributed by atoms with E-state index in [1.807, 2.05) is 25.9 Å². The minimum Gasteiger partial charge on any atom is -0.485 e. The number of benzene rings is 1. The Kier molecular flexibility index (Phi) is 7.52. The van der Waals surface area contributed by atoms with Crippen molar-refractivity contribution >= 4 is 33.5 Å². The van der Waals surface area contributed by atoms with Gasteiger partial charge in [0.2, 0.25) is 5.13 Å². The van der Waals surface area contributed by atoms with Gasteiger partial charge in [0.05, 0.1) is 42.5 Å². The molecule has 1 aromatic carbocycles. The number of fused-ring (bicyclic) bond motifs is 3. The number of aryl methyl sites for hydroxylation is 1. The zero-order valence-corrected chi connectivity index (χ0v) is 22.5. The van der Waals surface area contributed by atoms with Crippen LogP contribution < -0.4 is 9.64 Å². The molecule has 10 heteroatoms. The Morgan fingerprint density at radius 1 is 1.42 bits per heavy atom. The van der Waals surface area contributed by atoms with E-state index < -0.39 is 5.60 Å². The number of aromatic amines is 1. The van der Waals surface area contributed by atoms with Gasteiger partial charge < -0.3 is 24.1 Å². The number of H-pyrrole nitrogens is 1. The molecular weight excluding hydrogens is 478 g/mol. The molecule has 192 valence electrons. The average molecular weight is 512 g/mol. The Hall–Kier alpha value is -3.16. The van der Waals surface area contributed by atoms with Gasteiger partial charge in [-0.05, 0) is 37.8 Å². The molecule has 0 fully saturated rings. The minimum atomic E-state index is -0.846. The SMILES string of the molecule is CCOC(=O)C[C@]1(C(C)CC)OCCc2c1[nH]c1c(C)c(OCc3nsc(N(C)C)n3)cc(C#N)c21. The smallest absolute Gasteiger partial charge is 0.309 e. The third kappa shape index (κ3) is 4.53. The van der Waals surface area contributed by atoms with Crippen molar-refractivity contribution in [2.24, 2.45) is 5.92 Å². The van der Waals surface area contributed by atoms with Crippen molar-refractivity contribution in [1.82, 2.24) is 14.3 Å². The van der Waals surface area contributed by atoms with Gasteiger partial charge in [0, 0.05) is 36.6 Å². The summed E-state index contributed by atoms with van der Waals surface area (Å²) < 4.78 is 22.2. The maximum Gasteiger partial charge on any atom is 0.309 e. The molecular formula is C26H33N5O4S. The number of nitrogens with zero attached hydrogens (tertiary/aromatic N) is 4. The lowest BCUT2D eigenvalue weighted by atomic mass is 9.77. The Bertz CT molecular complexity index is 1310. The molecule has 2 aromatic heterocycles. The molecule has 1 aliphatic rings. The molecule has 2 atom stereocenters. The molecule has 3 aromatic rings. The number of hydrogen-bond acceptors (Lipinski definition) is 9. The third-order valence-corrected chi connectivity index (χ3v) is 7.89. The topological polar surface area (TPSA) is 113 Å². The van der Waals surface area contributed by atoms with Crippen molar-refractivity contribution in [2.45, 2.75) is 59.2 Å². The van der Waals surface area contributed by atoms with E-state index in [9.17, 15) is 10.1 Å². The second kappa shape index (κ2) is 10.4. The van der Waals surface area contributed by atoms with Crippen LogP contribution in [0.1, 0.15) is 61.8 Å². The number of rotatable bonds is 9. The molecule has 0 saturated carbocycles. The number of carbonyl (C=O) groups excluding carboxylic acids is 1. The van der Waals surface area contributed by atoms with Crippen LogP contribution in [0.2, 0.25) is 0 Å². The highest BCUT2D eigenvalue weighted by Crippen LogP contribution is 2.47. The predicted octanol–water partition coefficient (Wildman–Crippen LogP) is 4.61. The first-order valence-electron chi connectivity index (χ1n) is 12.3. The van der Waals surface area contributed by atoms with Crippen molar-refractivity contribution in [3.8, 4) is 11.8 Å². The second-order valence-corrected chi connectivity index (χ2v) is 10.1. The van der Waals surface area contributed by atoms with E-state index in [1.54, 1.807) is 13.0 Å². The molecule has 0 radical (unpaired) electrons. The average Bonchev–Trinajstić information content (AvgIpc) is 3.50. The maximum absolute atomic E-state index is 12.7. The molecule has 1 N–H and O–H groups in total. The predicted molar refractivity (Wildman–Crippen MR) is 138 cm³/mol. The van der Waals surface area contributed by atoms with E-state index >= 15 is 0 Å². The van der Waals surface area contributed by atoms with Crippen molar-refractivity contribution < 1.29 is 19.0 Å². The number of esters is 1. The molecule has 0 aliphatic carbocycles. The van der Waals surface area contributed by atoms with Gasteiger partial charge in [0.1, 0.15) is 18.0 Å². The quantitative estimate of drug-likeness (QED) is 0.414. The fourth-order valence-electron chi connectivity index (χ4n) is 4.89. The van der Waals surface area contributed by atoms with Gasteiger partial charge in [-0.15, -0.1) is 0 Å². The van der Waals surface area contributed by atoms with Gasteiger partial charge in [-0.1, -0.05) is 20.3 Å². The lowest BCUT2D eigenvalue weighted by molar-refractivity contribution is -0.160. The zero-order chi connectivity index (χ0) is 26.0. The van der Waals surface area contributed by atoms with Crippen LogP contribution in [0, 0.1) is 24.2 Å². The van der Waals surface area contributed by atoms with Crippen LogP contribution in [-0.2, 0) is 32.9 Å². The van der Waals surface area contributed by atoms with Crippen LogP contribution in [0.4, 0.5) is 5.13 Å². The third-order valence-electron chi connectivity index (χ3n) is 6.97. The highest BCUT2D eigenvalue weighted by atomic mass is 32.1. The lowest BCUT2D eigenvalue weighted by Crippen LogP contribution is -2.43. The molecule has 1 unspecified atom stereocenters. The van der Waals surface area contributed by atoms with Crippen LogP contribution in [0.15, 0.2) is 6.07 Å². The van der Waals surface area contributed by atoms with Crippen LogP contribution in [0.3, 0.4) is 0 Å². The van der Waals surface area contributed by atoms with Crippen molar-refractivity contribution in [2.75, 3.05) is 32.2 Å². The van der Waals surface area contributed by atoms with Gasteiger partial charge in [-0.3, -0.25) is 4.79 Å². The molecule has 36 heavy (non-hydrogen) atoms. The maximum atomic E-state index is 12.7. The molecule has 3 heterocycles. The Morgan fingerprint density at radius 3 is 2.83 bits per heavy atom. The summed E-state index contributed by atoms with van der Waals surface area (Å²) in [6.45, 7) is 8.94. The summed E-state index contributed by atoms with van der Waals surface area (Å²) in [5, 5.41) is 11.7. The largest absolute Gasteiger partial charge is 0.485 e. The van der Waals surface area contributed by atoms with Crippen molar-refractivity contribution in [3.63, 3.8) is 0 Å². The minimum absolute atomic E-state index is 0.0530.